The highest BCUT2D eigenvalue weighted by Crippen LogP contribution is 2.33. The van der Waals surface area contributed by atoms with Crippen LogP contribution in [0.3, 0.4) is 0 Å². The van der Waals surface area contributed by atoms with Crippen LogP contribution in [0.15, 0.2) is 108 Å². The van der Waals surface area contributed by atoms with Gasteiger partial charge in [-0.05, 0) is 36.4 Å². The molecule has 0 radical (unpaired) electrons. The summed E-state index contributed by atoms with van der Waals surface area (Å²) in [6.07, 6.45) is 3.63. The van der Waals surface area contributed by atoms with E-state index < -0.39 is 0 Å². The quantitative estimate of drug-likeness (QED) is 0.220. The van der Waals surface area contributed by atoms with E-state index in [-0.39, 0.29) is 0 Å². The molecule has 0 amide bonds. The topological polar surface area (TPSA) is 51.6 Å². The van der Waals surface area contributed by atoms with Gasteiger partial charge < -0.3 is 0 Å². The number of aromatic nitrogens is 4. The third kappa shape index (κ3) is 3.35. The molecule has 3 aromatic carbocycles. The smallest absolute Gasteiger partial charge is 0.0976 e. The van der Waals surface area contributed by atoms with Crippen LogP contribution >= 0.6 is 15.9 Å². The minimum atomic E-state index is 0.894. The lowest BCUT2D eigenvalue weighted by atomic mass is 10.0. The van der Waals surface area contributed by atoms with Crippen LogP contribution in [0.25, 0.3) is 66.1 Å². The molecule has 0 aliphatic rings. The average molecular weight is 513 g/mol. The first-order chi connectivity index (χ1) is 17.2. The molecule has 7 aromatic rings. The molecule has 0 atom stereocenters. The molecule has 0 bridgehead atoms. The van der Waals surface area contributed by atoms with E-state index in [4.69, 9.17) is 9.97 Å². The molecular formula is C30H17BrN4. The Kier molecular flexibility index (Phi) is 4.57. The van der Waals surface area contributed by atoms with Gasteiger partial charge in [-0.25, -0.2) is 9.97 Å². The van der Waals surface area contributed by atoms with Crippen molar-refractivity contribution >= 4 is 59.5 Å². The van der Waals surface area contributed by atoms with Crippen LogP contribution in [0.5, 0.6) is 0 Å². The molecule has 164 valence electrons. The summed E-state index contributed by atoms with van der Waals surface area (Å²) in [5, 5.41) is 4.28. The SMILES string of the molecule is Brc1cc2ccc(-c3cccc(-c4ccc5ccc6cccnc6c5n4)c3)nc2c2ncccc12. The Morgan fingerprint density at radius 3 is 1.86 bits per heavy atom. The third-order valence-corrected chi connectivity index (χ3v) is 7.04. The summed E-state index contributed by atoms with van der Waals surface area (Å²) in [6, 6.07) is 31.1. The van der Waals surface area contributed by atoms with Crippen LogP contribution in [0.1, 0.15) is 0 Å². The van der Waals surface area contributed by atoms with Crippen molar-refractivity contribution in [2.75, 3.05) is 0 Å². The second kappa shape index (κ2) is 7.93. The van der Waals surface area contributed by atoms with Gasteiger partial charge in [0.05, 0.1) is 33.5 Å². The van der Waals surface area contributed by atoms with Gasteiger partial charge >= 0.3 is 0 Å². The van der Waals surface area contributed by atoms with E-state index in [1.165, 1.54) is 0 Å². The normalized spacial score (nSPS) is 11.6. The summed E-state index contributed by atoms with van der Waals surface area (Å²) in [7, 11) is 0. The van der Waals surface area contributed by atoms with E-state index in [0.717, 1.165) is 70.6 Å². The molecule has 7 rings (SSSR count). The lowest BCUT2D eigenvalue weighted by molar-refractivity contribution is 1.36. The molecule has 5 heteroatoms. The standard InChI is InChI=1S/C30H17BrN4/c31-24-17-22-11-13-26(35-29(22)30-23(24)7-3-15-33-30)21-5-1-4-20(16-21)25-12-10-19-9-8-18-6-2-14-32-27(18)28(19)34-25/h1-17H. The van der Waals surface area contributed by atoms with Crippen molar-refractivity contribution in [2.45, 2.75) is 0 Å². The van der Waals surface area contributed by atoms with Crippen LogP contribution in [-0.2, 0) is 0 Å². The maximum Gasteiger partial charge on any atom is 0.0976 e. The number of hydrogen-bond donors (Lipinski definition) is 0. The van der Waals surface area contributed by atoms with Gasteiger partial charge in [-0.1, -0.05) is 70.5 Å². The number of halogens is 1. The Hall–Kier alpha value is -4.22. The first-order valence-electron chi connectivity index (χ1n) is 11.3. The number of pyridine rings is 4. The van der Waals surface area contributed by atoms with Crippen molar-refractivity contribution in [3.05, 3.63) is 108 Å². The minimum Gasteiger partial charge on any atom is -0.254 e. The summed E-state index contributed by atoms with van der Waals surface area (Å²) in [5.74, 6) is 0. The summed E-state index contributed by atoms with van der Waals surface area (Å²) in [6.45, 7) is 0. The molecule has 4 nitrogen and oxygen atoms in total. The summed E-state index contributed by atoms with van der Waals surface area (Å²) >= 11 is 3.67. The van der Waals surface area contributed by atoms with Gasteiger partial charge in [-0.15, -0.1) is 0 Å². The molecule has 35 heavy (non-hydrogen) atoms. The van der Waals surface area contributed by atoms with Gasteiger partial charge in [0.2, 0.25) is 0 Å². The highest BCUT2D eigenvalue weighted by Gasteiger charge is 2.11. The van der Waals surface area contributed by atoms with Crippen LogP contribution in [0.4, 0.5) is 0 Å². The zero-order valence-corrected chi connectivity index (χ0v) is 20.1. The molecule has 0 unspecified atom stereocenters. The first-order valence-corrected chi connectivity index (χ1v) is 12.1. The Morgan fingerprint density at radius 1 is 0.486 bits per heavy atom. The molecule has 0 spiro atoms. The van der Waals surface area contributed by atoms with E-state index in [1.54, 1.807) is 0 Å². The van der Waals surface area contributed by atoms with Crippen molar-refractivity contribution in [3.63, 3.8) is 0 Å². The molecule has 0 N–H and O–H groups in total. The summed E-state index contributed by atoms with van der Waals surface area (Å²) in [5.41, 5.74) is 7.52. The lowest BCUT2D eigenvalue weighted by Crippen LogP contribution is -1.91. The second-order valence-electron chi connectivity index (χ2n) is 8.52. The molecule has 0 saturated carbocycles. The van der Waals surface area contributed by atoms with E-state index in [0.29, 0.717) is 0 Å². The van der Waals surface area contributed by atoms with Gasteiger partial charge in [0.25, 0.3) is 0 Å². The predicted octanol–water partition coefficient (Wildman–Crippen LogP) is 7.98. The number of hydrogen-bond acceptors (Lipinski definition) is 4. The molecule has 4 heterocycles. The van der Waals surface area contributed by atoms with Crippen molar-refractivity contribution in [2.24, 2.45) is 0 Å². The van der Waals surface area contributed by atoms with E-state index in [1.807, 2.05) is 24.5 Å². The summed E-state index contributed by atoms with van der Waals surface area (Å²) < 4.78 is 1.02. The van der Waals surface area contributed by atoms with Crippen LogP contribution in [-0.4, -0.2) is 19.9 Å². The Morgan fingerprint density at radius 2 is 1.09 bits per heavy atom. The Balaban J connectivity index is 1.38. The molecular weight excluding hydrogens is 496 g/mol. The van der Waals surface area contributed by atoms with E-state index in [9.17, 15) is 0 Å². The summed E-state index contributed by atoms with van der Waals surface area (Å²) in [4.78, 5) is 19.2. The van der Waals surface area contributed by atoms with Crippen molar-refractivity contribution in [3.8, 4) is 22.5 Å². The number of fused-ring (bicyclic) bond motifs is 6. The second-order valence-corrected chi connectivity index (χ2v) is 9.37. The fourth-order valence-corrected chi connectivity index (χ4v) is 5.23. The zero-order chi connectivity index (χ0) is 23.4. The van der Waals surface area contributed by atoms with Gasteiger partial charge in [-0.3, -0.25) is 9.97 Å². The zero-order valence-electron chi connectivity index (χ0n) is 18.5. The van der Waals surface area contributed by atoms with Crippen molar-refractivity contribution < 1.29 is 0 Å². The van der Waals surface area contributed by atoms with Crippen LogP contribution in [0.2, 0.25) is 0 Å². The monoisotopic (exact) mass is 512 g/mol. The van der Waals surface area contributed by atoms with Crippen molar-refractivity contribution in [1.29, 1.82) is 0 Å². The largest absolute Gasteiger partial charge is 0.254 e. The van der Waals surface area contributed by atoms with Gasteiger partial charge in [-0.2, -0.15) is 0 Å². The van der Waals surface area contributed by atoms with E-state index in [2.05, 4.69) is 105 Å². The molecule has 0 saturated heterocycles. The first kappa shape index (κ1) is 20.2. The third-order valence-electron chi connectivity index (χ3n) is 6.38. The highest BCUT2D eigenvalue weighted by atomic mass is 79.9. The van der Waals surface area contributed by atoms with E-state index >= 15 is 0 Å². The fourth-order valence-electron chi connectivity index (χ4n) is 4.66. The lowest BCUT2D eigenvalue weighted by Gasteiger charge is -2.09. The Labute approximate surface area is 209 Å². The fraction of sp³-hybridized carbons (Fsp3) is 0. The maximum absolute atomic E-state index is 5.03. The van der Waals surface area contributed by atoms with Gasteiger partial charge in [0, 0.05) is 49.5 Å². The molecule has 4 aromatic heterocycles. The number of nitrogens with zero attached hydrogens (tertiary/aromatic N) is 4. The van der Waals surface area contributed by atoms with Crippen molar-refractivity contribution in [1.82, 2.24) is 19.9 Å². The van der Waals surface area contributed by atoms with Gasteiger partial charge in [0.15, 0.2) is 0 Å². The van der Waals surface area contributed by atoms with Gasteiger partial charge in [0.1, 0.15) is 0 Å². The Bertz CT molecular complexity index is 1930. The predicted molar refractivity (Wildman–Crippen MR) is 146 cm³/mol. The minimum absolute atomic E-state index is 0.894. The van der Waals surface area contributed by atoms with Crippen LogP contribution < -0.4 is 0 Å². The van der Waals surface area contributed by atoms with Crippen LogP contribution in [0, 0.1) is 0 Å². The number of benzene rings is 3. The highest BCUT2D eigenvalue weighted by molar-refractivity contribution is 9.10. The number of rotatable bonds is 2. The maximum atomic E-state index is 5.03. The molecule has 0 aliphatic carbocycles. The molecule has 0 aliphatic heterocycles. The average Bonchev–Trinajstić information content (AvgIpc) is 2.93. The molecule has 0 fully saturated rings.